The van der Waals surface area contributed by atoms with E-state index in [1.165, 1.54) is 6.07 Å². The van der Waals surface area contributed by atoms with Crippen molar-refractivity contribution in [1.82, 2.24) is 4.90 Å². The van der Waals surface area contributed by atoms with Gasteiger partial charge in [-0.3, -0.25) is 4.79 Å². The Labute approximate surface area is 118 Å². The molecule has 0 N–H and O–H groups in total. The first kappa shape index (κ1) is 16.0. The Morgan fingerprint density at radius 2 is 1.95 bits per heavy atom. The average Bonchev–Trinajstić information content (AvgIpc) is 2.33. The molecule has 1 aromatic carbocycles. The van der Waals surface area contributed by atoms with E-state index < -0.39 is 9.05 Å². The van der Waals surface area contributed by atoms with E-state index in [1.54, 1.807) is 24.0 Å². The van der Waals surface area contributed by atoms with E-state index in [9.17, 15) is 13.2 Å². The molecule has 0 atom stereocenters. The molecule has 0 saturated heterocycles. The van der Waals surface area contributed by atoms with Crippen LogP contribution in [0.3, 0.4) is 0 Å². The van der Waals surface area contributed by atoms with Crippen molar-refractivity contribution < 1.29 is 13.2 Å². The smallest absolute Gasteiger partial charge is 0.262 e. The molecule has 0 aromatic heterocycles. The van der Waals surface area contributed by atoms with Crippen molar-refractivity contribution in [2.24, 2.45) is 0 Å². The summed E-state index contributed by atoms with van der Waals surface area (Å²) in [4.78, 5) is 13.9. The van der Waals surface area contributed by atoms with E-state index in [4.69, 9.17) is 10.7 Å². The number of hydrogen-bond donors (Lipinski definition) is 0. The predicted molar refractivity (Wildman–Crippen MR) is 76.1 cm³/mol. The molecule has 0 heterocycles. The number of rotatable bonds is 5. The minimum Gasteiger partial charge on any atom is -0.339 e. The Morgan fingerprint density at radius 1 is 1.32 bits per heavy atom. The summed E-state index contributed by atoms with van der Waals surface area (Å²) in [6.07, 6.45) is 0.814. The van der Waals surface area contributed by atoms with Gasteiger partial charge in [0.2, 0.25) is 0 Å². The van der Waals surface area contributed by atoms with E-state index in [0.29, 0.717) is 13.1 Å². The first-order chi connectivity index (χ1) is 8.81. The fourth-order valence-electron chi connectivity index (χ4n) is 1.87. The highest BCUT2D eigenvalue weighted by molar-refractivity contribution is 8.13. The lowest BCUT2D eigenvalue weighted by molar-refractivity contribution is 0.0760. The highest BCUT2D eigenvalue weighted by atomic mass is 35.7. The van der Waals surface area contributed by atoms with Crippen LogP contribution >= 0.6 is 10.7 Å². The zero-order chi connectivity index (χ0) is 14.6. The maximum atomic E-state index is 12.4. The summed E-state index contributed by atoms with van der Waals surface area (Å²) in [6, 6.07) is 4.57. The number of benzene rings is 1. The van der Waals surface area contributed by atoms with Crippen molar-refractivity contribution in [3.8, 4) is 0 Å². The van der Waals surface area contributed by atoms with E-state index in [0.717, 1.165) is 12.0 Å². The molecule has 1 aromatic rings. The van der Waals surface area contributed by atoms with Gasteiger partial charge >= 0.3 is 0 Å². The summed E-state index contributed by atoms with van der Waals surface area (Å²) in [5.74, 6) is -0.299. The molecule has 0 saturated carbocycles. The zero-order valence-electron chi connectivity index (χ0n) is 11.3. The van der Waals surface area contributed by atoms with E-state index in [-0.39, 0.29) is 16.4 Å². The molecule has 0 unspecified atom stereocenters. The summed E-state index contributed by atoms with van der Waals surface area (Å²) < 4.78 is 23.1. The number of hydrogen-bond acceptors (Lipinski definition) is 3. The summed E-state index contributed by atoms with van der Waals surface area (Å²) in [6.45, 7) is 6.74. The molecule has 6 heteroatoms. The lowest BCUT2D eigenvalue weighted by atomic mass is 10.1. The number of carbonyl (C=O) groups is 1. The first-order valence-electron chi connectivity index (χ1n) is 6.15. The Morgan fingerprint density at radius 3 is 2.42 bits per heavy atom. The second-order valence-electron chi connectivity index (χ2n) is 4.32. The van der Waals surface area contributed by atoms with E-state index >= 15 is 0 Å². The number of halogens is 1. The minimum absolute atomic E-state index is 0.126. The molecule has 1 amide bonds. The highest BCUT2D eigenvalue weighted by Crippen LogP contribution is 2.22. The summed E-state index contributed by atoms with van der Waals surface area (Å²) in [5.41, 5.74) is 0.963. The standard InChI is InChI=1S/C13H18ClNO3S/c1-4-8-15(5-2)13(16)11-9-10(3)6-7-12(11)19(14,17)18/h6-7,9H,4-5,8H2,1-3H3. The van der Waals surface area contributed by atoms with E-state index in [1.807, 2.05) is 13.8 Å². The van der Waals surface area contributed by atoms with Crippen LogP contribution in [0.5, 0.6) is 0 Å². The third kappa shape index (κ3) is 3.94. The molecule has 0 fully saturated rings. The van der Waals surface area contributed by atoms with Crippen LogP contribution in [-0.2, 0) is 9.05 Å². The maximum Gasteiger partial charge on any atom is 0.262 e. The Hall–Kier alpha value is -1.07. The number of carbonyl (C=O) groups excluding carboxylic acids is 1. The van der Waals surface area contributed by atoms with Crippen molar-refractivity contribution in [3.63, 3.8) is 0 Å². The van der Waals surface area contributed by atoms with Crippen molar-refractivity contribution in [3.05, 3.63) is 29.3 Å². The predicted octanol–water partition coefficient (Wildman–Crippen LogP) is 2.79. The van der Waals surface area contributed by atoms with Crippen molar-refractivity contribution in [1.29, 1.82) is 0 Å². The Kier molecular flexibility index (Phi) is 5.38. The molecular weight excluding hydrogens is 286 g/mol. The van der Waals surface area contributed by atoms with Crippen LogP contribution < -0.4 is 0 Å². The van der Waals surface area contributed by atoms with Gasteiger partial charge in [-0.25, -0.2) is 8.42 Å². The SMILES string of the molecule is CCCN(CC)C(=O)c1cc(C)ccc1S(=O)(=O)Cl. The van der Waals surface area contributed by atoms with Gasteiger partial charge in [0.15, 0.2) is 0 Å². The van der Waals surface area contributed by atoms with Crippen molar-refractivity contribution in [2.75, 3.05) is 13.1 Å². The first-order valence-corrected chi connectivity index (χ1v) is 8.46. The van der Waals surface area contributed by atoms with Crippen molar-refractivity contribution >= 4 is 25.6 Å². The van der Waals surface area contributed by atoms with Gasteiger partial charge in [-0.1, -0.05) is 18.6 Å². The van der Waals surface area contributed by atoms with Gasteiger partial charge in [0.25, 0.3) is 15.0 Å². The maximum absolute atomic E-state index is 12.4. The highest BCUT2D eigenvalue weighted by Gasteiger charge is 2.23. The normalized spacial score (nSPS) is 11.4. The van der Waals surface area contributed by atoms with Crippen LogP contribution in [0.1, 0.15) is 36.2 Å². The van der Waals surface area contributed by atoms with Crippen LogP contribution in [0, 0.1) is 6.92 Å². The van der Waals surface area contributed by atoms with Crippen LogP contribution in [0.4, 0.5) is 0 Å². The second-order valence-corrected chi connectivity index (χ2v) is 6.86. The summed E-state index contributed by atoms with van der Waals surface area (Å²) in [5, 5.41) is 0. The molecular formula is C13H18ClNO3S. The minimum atomic E-state index is -3.93. The second kappa shape index (κ2) is 6.39. The monoisotopic (exact) mass is 303 g/mol. The molecule has 0 aliphatic heterocycles. The fraction of sp³-hybridized carbons (Fsp3) is 0.462. The number of amides is 1. The van der Waals surface area contributed by atoms with Crippen LogP contribution in [0.15, 0.2) is 23.1 Å². The quantitative estimate of drug-likeness (QED) is 0.786. The molecule has 1 rings (SSSR count). The summed E-state index contributed by atoms with van der Waals surface area (Å²) in [7, 11) is 1.46. The van der Waals surface area contributed by atoms with Gasteiger partial charge in [0.05, 0.1) is 10.5 Å². The molecule has 0 aliphatic rings. The van der Waals surface area contributed by atoms with Crippen molar-refractivity contribution in [2.45, 2.75) is 32.1 Å². The van der Waals surface area contributed by atoms with Gasteiger partial charge < -0.3 is 4.90 Å². The summed E-state index contributed by atoms with van der Waals surface area (Å²) >= 11 is 0. The molecule has 0 spiro atoms. The van der Waals surface area contributed by atoms with Crippen LogP contribution in [0.2, 0.25) is 0 Å². The Balaban J connectivity index is 3.32. The van der Waals surface area contributed by atoms with Crippen LogP contribution in [0.25, 0.3) is 0 Å². The van der Waals surface area contributed by atoms with Gasteiger partial charge in [0, 0.05) is 23.8 Å². The zero-order valence-corrected chi connectivity index (χ0v) is 12.9. The molecule has 0 aliphatic carbocycles. The van der Waals surface area contributed by atoms with E-state index in [2.05, 4.69) is 0 Å². The largest absolute Gasteiger partial charge is 0.339 e. The average molecular weight is 304 g/mol. The molecule has 0 radical (unpaired) electrons. The van der Waals surface area contributed by atoms with Gasteiger partial charge in [-0.05, 0) is 32.4 Å². The topological polar surface area (TPSA) is 54.5 Å². The van der Waals surface area contributed by atoms with Gasteiger partial charge in [-0.15, -0.1) is 0 Å². The lowest BCUT2D eigenvalue weighted by Crippen LogP contribution is -2.32. The third-order valence-electron chi connectivity index (χ3n) is 2.79. The van der Waals surface area contributed by atoms with Gasteiger partial charge in [-0.2, -0.15) is 0 Å². The molecule has 0 bridgehead atoms. The fourth-order valence-corrected chi connectivity index (χ4v) is 2.91. The number of nitrogens with zero attached hydrogens (tertiary/aromatic N) is 1. The lowest BCUT2D eigenvalue weighted by Gasteiger charge is -2.21. The molecule has 106 valence electrons. The molecule has 19 heavy (non-hydrogen) atoms. The Bertz CT molecular complexity index is 569. The molecule has 4 nitrogen and oxygen atoms in total. The van der Waals surface area contributed by atoms with Gasteiger partial charge in [0.1, 0.15) is 0 Å². The third-order valence-corrected chi connectivity index (χ3v) is 4.17. The number of aryl methyl sites for hydroxylation is 1. The van der Waals surface area contributed by atoms with Crippen LogP contribution in [-0.4, -0.2) is 32.3 Å².